The maximum Gasteiger partial charge on any atom is 0.123 e. The molecule has 0 amide bonds. The zero-order valence-corrected chi connectivity index (χ0v) is 11.7. The first kappa shape index (κ1) is 15.9. The van der Waals surface area contributed by atoms with Crippen molar-refractivity contribution >= 4 is 0 Å². The molecule has 108 valence electrons. The minimum absolute atomic E-state index is 0.455. The van der Waals surface area contributed by atoms with Gasteiger partial charge in [0.1, 0.15) is 5.75 Å². The number of hydrogen-bond acceptors (Lipinski definition) is 5. The maximum absolute atomic E-state index is 5.67. The molecule has 0 aliphatic carbocycles. The standard InChI is InChI=1S/C14H23NO4/c1-16-5-6-18-7-8-19-11-12-3-4-14(17-2)13(9-12)10-15/h3-4,9H,5-8,10-11,15H2,1-2H3. The lowest BCUT2D eigenvalue weighted by Crippen LogP contribution is -2.08. The molecule has 0 unspecified atom stereocenters. The van der Waals surface area contributed by atoms with Gasteiger partial charge in [0, 0.05) is 19.2 Å². The van der Waals surface area contributed by atoms with Gasteiger partial charge in [-0.25, -0.2) is 0 Å². The first-order chi connectivity index (χ1) is 9.31. The summed E-state index contributed by atoms with van der Waals surface area (Å²) in [6.07, 6.45) is 0. The summed E-state index contributed by atoms with van der Waals surface area (Å²) in [6, 6.07) is 5.89. The summed E-state index contributed by atoms with van der Waals surface area (Å²) in [5.74, 6) is 0.814. The van der Waals surface area contributed by atoms with Crippen LogP contribution in [0, 0.1) is 0 Å². The third-order valence-corrected chi connectivity index (χ3v) is 2.64. The van der Waals surface area contributed by atoms with Crippen LogP contribution in [0.2, 0.25) is 0 Å². The van der Waals surface area contributed by atoms with Crippen LogP contribution in [-0.4, -0.2) is 40.6 Å². The molecule has 0 aliphatic heterocycles. The Hall–Kier alpha value is -1.14. The summed E-state index contributed by atoms with van der Waals surface area (Å²) in [5, 5.41) is 0. The van der Waals surface area contributed by atoms with E-state index in [0.29, 0.717) is 39.6 Å². The molecule has 0 saturated carbocycles. The first-order valence-electron chi connectivity index (χ1n) is 6.32. The van der Waals surface area contributed by atoms with Crippen LogP contribution in [-0.2, 0) is 27.4 Å². The van der Waals surface area contributed by atoms with E-state index < -0.39 is 0 Å². The van der Waals surface area contributed by atoms with E-state index in [1.165, 1.54) is 0 Å². The molecular formula is C14H23NO4. The molecule has 19 heavy (non-hydrogen) atoms. The predicted molar refractivity (Wildman–Crippen MR) is 73.2 cm³/mol. The lowest BCUT2D eigenvalue weighted by atomic mass is 10.1. The van der Waals surface area contributed by atoms with Crippen LogP contribution in [0.3, 0.4) is 0 Å². The summed E-state index contributed by atoms with van der Waals surface area (Å²) < 4.78 is 20.9. The third kappa shape index (κ3) is 6.02. The van der Waals surface area contributed by atoms with Gasteiger partial charge in [-0.15, -0.1) is 0 Å². The molecule has 0 atom stereocenters. The van der Waals surface area contributed by atoms with Gasteiger partial charge in [-0.3, -0.25) is 0 Å². The van der Waals surface area contributed by atoms with Gasteiger partial charge in [-0.2, -0.15) is 0 Å². The fraction of sp³-hybridized carbons (Fsp3) is 0.571. The van der Waals surface area contributed by atoms with Crippen molar-refractivity contribution in [2.75, 3.05) is 40.6 Å². The van der Waals surface area contributed by atoms with Crippen molar-refractivity contribution in [3.8, 4) is 5.75 Å². The number of benzene rings is 1. The molecule has 1 rings (SSSR count). The quantitative estimate of drug-likeness (QED) is 0.649. The van der Waals surface area contributed by atoms with Gasteiger partial charge < -0.3 is 24.7 Å². The number of nitrogens with two attached hydrogens (primary N) is 1. The van der Waals surface area contributed by atoms with Crippen molar-refractivity contribution in [2.45, 2.75) is 13.2 Å². The second-order valence-electron chi connectivity index (χ2n) is 4.01. The van der Waals surface area contributed by atoms with Crippen LogP contribution >= 0.6 is 0 Å². The van der Waals surface area contributed by atoms with Crippen LogP contribution in [0.15, 0.2) is 18.2 Å². The van der Waals surface area contributed by atoms with Crippen molar-refractivity contribution in [2.24, 2.45) is 5.73 Å². The van der Waals surface area contributed by atoms with E-state index in [1.54, 1.807) is 14.2 Å². The van der Waals surface area contributed by atoms with Gasteiger partial charge >= 0.3 is 0 Å². The first-order valence-corrected chi connectivity index (χ1v) is 6.32. The Labute approximate surface area is 114 Å². The Bertz CT molecular complexity index is 357. The van der Waals surface area contributed by atoms with Crippen LogP contribution in [0.5, 0.6) is 5.75 Å². The molecule has 0 aromatic heterocycles. The second kappa shape index (κ2) is 9.75. The van der Waals surface area contributed by atoms with Crippen LogP contribution < -0.4 is 10.5 Å². The highest BCUT2D eigenvalue weighted by atomic mass is 16.5. The minimum atomic E-state index is 0.455. The molecule has 0 aliphatic rings. The maximum atomic E-state index is 5.67. The second-order valence-corrected chi connectivity index (χ2v) is 4.01. The van der Waals surface area contributed by atoms with E-state index >= 15 is 0 Å². The van der Waals surface area contributed by atoms with Gasteiger partial charge in [0.15, 0.2) is 0 Å². The molecule has 0 spiro atoms. The Balaban J connectivity index is 2.26. The Morgan fingerprint density at radius 1 is 1.00 bits per heavy atom. The molecule has 0 heterocycles. The molecule has 0 radical (unpaired) electrons. The van der Waals surface area contributed by atoms with Crippen LogP contribution in [0.25, 0.3) is 0 Å². The topological polar surface area (TPSA) is 62.9 Å². The van der Waals surface area contributed by atoms with Gasteiger partial charge in [-0.05, 0) is 17.7 Å². The van der Waals surface area contributed by atoms with Crippen molar-refractivity contribution in [3.63, 3.8) is 0 Å². The summed E-state index contributed by atoms with van der Waals surface area (Å²) in [7, 11) is 3.29. The Kier molecular flexibility index (Phi) is 8.16. The van der Waals surface area contributed by atoms with Gasteiger partial charge in [0.25, 0.3) is 0 Å². The van der Waals surface area contributed by atoms with Gasteiger partial charge in [0.2, 0.25) is 0 Å². The van der Waals surface area contributed by atoms with Crippen molar-refractivity contribution in [1.82, 2.24) is 0 Å². The summed E-state index contributed by atoms with van der Waals surface area (Å²) in [5.41, 5.74) is 7.73. The monoisotopic (exact) mass is 269 g/mol. The lowest BCUT2D eigenvalue weighted by Gasteiger charge is -2.10. The fourth-order valence-corrected chi connectivity index (χ4v) is 1.63. The average Bonchev–Trinajstić information content (AvgIpc) is 2.46. The molecule has 1 aromatic rings. The number of methoxy groups -OCH3 is 2. The van der Waals surface area contributed by atoms with E-state index in [2.05, 4.69) is 0 Å². The van der Waals surface area contributed by atoms with E-state index in [9.17, 15) is 0 Å². The van der Waals surface area contributed by atoms with Gasteiger partial charge in [-0.1, -0.05) is 6.07 Å². The van der Waals surface area contributed by atoms with E-state index in [0.717, 1.165) is 16.9 Å². The third-order valence-electron chi connectivity index (χ3n) is 2.64. The van der Waals surface area contributed by atoms with Crippen molar-refractivity contribution in [3.05, 3.63) is 29.3 Å². The lowest BCUT2D eigenvalue weighted by molar-refractivity contribution is 0.0199. The smallest absolute Gasteiger partial charge is 0.123 e. The normalized spacial score (nSPS) is 10.7. The van der Waals surface area contributed by atoms with Crippen molar-refractivity contribution in [1.29, 1.82) is 0 Å². The van der Waals surface area contributed by atoms with E-state index in [1.807, 2.05) is 18.2 Å². The highest BCUT2D eigenvalue weighted by Crippen LogP contribution is 2.19. The highest BCUT2D eigenvalue weighted by molar-refractivity contribution is 5.36. The van der Waals surface area contributed by atoms with Crippen molar-refractivity contribution < 1.29 is 18.9 Å². The molecular weight excluding hydrogens is 246 g/mol. The Morgan fingerprint density at radius 2 is 1.74 bits per heavy atom. The SMILES string of the molecule is COCCOCCOCc1ccc(OC)c(CN)c1. The average molecular weight is 269 g/mol. The van der Waals surface area contributed by atoms with Gasteiger partial charge in [0.05, 0.1) is 40.1 Å². The summed E-state index contributed by atoms with van der Waals surface area (Å²) in [4.78, 5) is 0. The summed E-state index contributed by atoms with van der Waals surface area (Å²) in [6.45, 7) is 3.34. The number of ether oxygens (including phenoxy) is 4. The molecule has 5 nitrogen and oxygen atoms in total. The number of rotatable bonds is 10. The Morgan fingerprint density at radius 3 is 2.42 bits per heavy atom. The van der Waals surface area contributed by atoms with Crippen LogP contribution in [0.1, 0.15) is 11.1 Å². The van der Waals surface area contributed by atoms with E-state index in [-0.39, 0.29) is 0 Å². The summed E-state index contributed by atoms with van der Waals surface area (Å²) >= 11 is 0. The van der Waals surface area contributed by atoms with Crippen LogP contribution in [0.4, 0.5) is 0 Å². The zero-order valence-electron chi connectivity index (χ0n) is 11.7. The fourth-order valence-electron chi connectivity index (χ4n) is 1.63. The largest absolute Gasteiger partial charge is 0.496 e. The number of hydrogen-bond donors (Lipinski definition) is 1. The molecule has 0 saturated heterocycles. The molecule has 0 fully saturated rings. The molecule has 0 bridgehead atoms. The predicted octanol–water partition coefficient (Wildman–Crippen LogP) is 1.33. The molecule has 1 aromatic carbocycles. The zero-order chi connectivity index (χ0) is 13.9. The van der Waals surface area contributed by atoms with E-state index in [4.69, 9.17) is 24.7 Å². The molecule has 2 N–H and O–H groups in total. The highest BCUT2D eigenvalue weighted by Gasteiger charge is 2.02. The minimum Gasteiger partial charge on any atom is -0.496 e. The molecule has 5 heteroatoms.